The number of nitrogens with one attached hydrogen (secondary N) is 1. The molecule has 0 atom stereocenters. The number of benzene rings is 2. The van der Waals surface area contributed by atoms with E-state index in [0.717, 1.165) is 11.1 Å². The molecule has 0 saturated carbocycles. The maximum absolute atomic E-state index is 13.1. The highest BCUT2D eigenvalue weighted by Gasteiger charge is 2.22. The van der Waals surface area contributed by atoms with Crippen LogP contribution in [0.3, 0.4) is 0 Å². The Morgan fingerprint density at radius 3 is 1.81 bits per heavy atom. The van der Waals surface area contributed by atoms with Gasteiger partial charge in [-0.15, -0.1) is 23.5 Å². The highest BCUT2D eigenvalue weighted by atomic mass is 32.2. The first-order chi connectivity index (χ1) is 15.6. The largest absolute Gasteiger partial charge is 0.481 e. The lowest BCUT2D eigenvalue weighted by Gasteiger charge is -2.14. The van der Waals surface area contributed by atoms with Crippen molar-refractivity contribution in [3.05, 3.63) is 77.4 Å². The van der Waals surface area contributed by atoms with Crippen LogP contribution in [0.5, 0.6) is 0 Å². The van der Waals surface area contributed by atoms with E-state index in [0.29, 0.717) is 32.3 Å². The first-order valence-electron chi connectivity index (χ1n) is 9.86. The number of aromatic nitrogens is 2. The van der Waals surface area contributed by atoms with Gasteiger partial charge in [-0.2, -0.15) is 0 Å². The molecule has 0 saturated heterocycles. The lowest BCUT2D eigenvalue weighted by atomic mass is 10.2. The monoisotopic (exact) mass is 485 g/mol. The van der Waals surface area contributed by atoms with Crippen LogP contribution >= 0.6 is 35.3 Å². The number of amides is 1. The number of hydrogen-bond donors (Lipinski definition) is 2. The average molecular weight is 486 g/mol. The summed E-state index contributed by atoms with van der Waals surface area (Å²) in [5, 5.41) is 13.4. The third kappa shape index (κ3) is 7.29. The SMILES string of the molecule is CSc1nc(SCc2ccccc2)c(C(=O)NCCC(=O)O)c(SCc2ccccc2)n1. The molecule has 1 amide bonds. The molecule has 0 spiro atoms. The van der Waals surface area contributed by atoms with Crippen LogP contribution in [0.4, 0.5) is 0 Å². The maximum Gasteiger partial charge on any atom is 0.305 e. The van der Waals surface area contributed by atoms with Gasteiger partial charge in [0.25, 0.3) is 5.91 Å². The van der Waals surface area contributed by atoms with Crippen LogP contribution in [-0.4, -0.2) is 39.8 Å². The van der Waals surface area contributed by atoms with Gasteiger partial charge in [0.05, 0.1) is 6.42 Å². The molecule has 9 heteroatoms. The molecule has 0 unspecified atom stereocenters. The summed E-state index contributed by atoms with van der Waals surface area (Å²) < 4.78 is 0. The van der Waals surface area contributed by atoms with Gasteiger partial charge in [-0.1, -0.05) is 72.4 Å². The number of carbonyl (C=O) groups is 2. The third-order valence-electron chi connectivity index (χ3n) is 4.29. The molecule has 0 aliphatic heterocycles. The Balaban J connectivity index is 1.90. The molecule has 0 aliphatic rings. The van der Waals surface area contributed by atoms with Crippen LogP contribution < -0.4 is 5.32 Å². The molecule has 0 fully saturated rings. The Hall–Kier alpha value is -2.49. The minimum absolute atomic E-state index is 0.0457. The number of thioether (sulfide) groups is 3. The second-order valence-electron chi connectivity index (χ2n) is 6.64. The van der Waals surface area contributed by atoms with E-state index in [9.17, 15) is 9.59 Å². The lowest BCUT2D eigenvalue weighted by Crippen LogP contribution is -2.27. The topological polar surface area (TPSA) is 92.2 Å². The zero-order chi connectivity index (χ0) is 22.8. The van der Waals surface area contributed by atoms with Gasteiger partial charge in [-0.05, 0) is 17.4 Å². The second kappa shape index (κ2) is 12.5. The molecule has 6 nitrogen and oxygen atoms in total. The van der Waals surface area contributed by atoms with E-state index in [2.05, 4.69) is 15.3 Å². The lowest BCUT2D eigenvalue weighted by molar-refractivity contribution is -0.136. The van der Waals surface area contributed by atoms with Gasteiger partial charge in [0, 0.05) is 18.1 Å². The zero-order valence-electron chi connectivity index (χ0n) is 17.5. The van der Waals surface area contributed by atoms with E-state index in [1.807, 2.05) is 66.9 Å². The smallest absolute Gasteiger partial charge is 0.305 e. The first kappa shape index (κ1) is 24.2. The Bertz CT molecular complexity index is 986. The van der Waals surface area contributed by atoms with Crippen molar-refractivity contribution in [3.8, 4) is 0 Å². The second-order valence-corrected chi connectivity index (χ2v) is 9.35. The molecule has 2 aromatic carbocycles. The molecule has 1 heterocycles. The van der Waals surface area contributed by atoms with Crippen molar-refractivity contribution in [3.63, 3.8) is 0 Å². The van der Waals surface area contributed by atoms with Gasteiger partial charge >= 0.3 is 5.97 Å². The number of carboxylic acid groups (broad SMARTS) is 1. The number of rotatable bonds is 11. The third-order valence-corrected chi connectivity index (χ3v) is 6.93. The minimum atomic E-state index is -0.961. The summed E-state index contributed by atoms with van der Waals surface area (Å²) in [6, 6.07) is 19.9. The van der Waals surface area contributed by atoms with Crippen LogP contribution in [0, 0.1) is 0 Å². The Labute approximate surface area is 200 Å². The number of carbonyl (C=O) groups excluding carboxylic acids is 1. The van der Waals surface area contributed by atoms with Crippen LogP contribution in [0.1, 0.15) is 27.9 Å². The van der Waals surface area contributed by atoms with Crippen molar-refractivity contribution in [1.29, 1.82) is 0 Å². The fourth-order valence-corrected chi connectivity index (χ4v) is 5.23. The van der Waals surface area contributed by atoms with Crippen LogP contribution in [0.25, 0.3) is 0 Å². The predicted octanol–water partition coefficient (Wildman–Crippen LogP) is 4.99. The molecular formula is C23H23N3O3S3. The van der Waals surface area contributed by atoms with Crippen LogP contribution in [0.15, 0.2) is 75.9 Å². The van der Waals surface area contributed by atoms with E-state index >= 15 is 0 Å². The van der Waals surface area contributed by atoms with Gasteiger partial charge < -0.3 is 10.4 Å². The standard InChI is InChI=1S/C23H23N3O3S3/c1-30-23-25-21(31-14-16-8-4-2-5-9-16)19(20(29)24-13-12-18(27)28)22(26-23)32-15-17-10-6-3-7-11-17/h2-11H,12-15H2,1H3,(H,24,29)(H,27,28). The molecule has 3 rings (SSSR count). The van der Waals surface area contributed by atoms with Gasteiger partial charge in [0.2, 0.25) is 0 Å². The van der Waals surface area contributed by atoms with Crippen LogP contribution in [-0.2, 0) is 16.3 Å². The Morgan fingerprint density at radius 1 is 0.875 bits per heavy atom. The fraction of sp³-hybridized carbons (Fsp3) is 0.217. The molecule has 166 valence electrons. The minimum Gasteiger partial charge on any atom is -0.481 e. The first-order valence-corrected chi connectivity index (χ1v) is 13.1. The number of carboxylic acids is 1. The van der Waals surface area contributed by atoms with Crippen molar-refractivity contribution >= 4 is 47.2 Å². The summed E-state index contributed by atoms with van der Waals surface area (Å²) in [4.78, 5) is 33.2. The average Bonchev–Trinajstić information content (AvgIpc) is 2.82. The molecular weight excluding hydrogens is 462 g/mol. The van der Waals surface area contributed by atoms with Crippen molar-refractivity contribution in [2.24, 2.45) is 0 Å². The quantitative estimate of drug-likeness (QED) is 0.223. The van der Waals surface area contributed by atoms with Crippen molar-refractivity contribution in [1.82, 2.24) is 15.3 Å². The summed E-state index contributed by atoms with van der Waals surface area (Å²) in [5.41, 5.74) is 2.64. The maximum atomic E-state index is 13.1. The van der Waals surface area contributed by atoms with Gasteiger partial charge in [0.15, 0.2) is 5.16 Å². The zero-order valence-corrected chi connectivity index (χ0v) is 19.9. The Morgan fingerprint density at radius 2 is 1.38 bits per heavy atom. The molecule has 3 aromatic rings. The molecule has 0 aliphatic carbocycles. The highest BCUT2D eigenvalue weighted by Crippen LogP contribution is 2.34. The van der Waals surface area contributed by atoms with E-state index in [1.54, 1.807) is 0 Å². The van der Waals surface area contributed by atoms with E-state index in [1.165, 1.54) is 35.3 Å². The number of hydrogen-bond acceptors (Lipinski definition) is 7. The van der Waals surface area contributed by atoms with Gasteiger partial charge in [-0.25, -0.2) is 9.97 Å². The Kier molecular flexibility index (Phi) is 9.45. The summed E-state index contributed by atoms with van der Waals surface area (Å²) in [6.07, 6.45) is 1.76. The van der Waals surface area contributed by atoms with E-state index in [-0.39, 0.29) is 18.9 Å². The summed E-state index contributed by atoms with van der Waals surface area (Å²) in [6.45, 7) is 0.0457. The van der Waals surface area contributed by atoms with Crippen molar-refractivity contribution in [2.45, 2.75) is 33.1 Å². The molecule has 32 heavy (non-hydrogen) atoms. The van der Waals surface area contributed by atoms with Crippen molar-refractivity contribution in [2.75, 3.05) is 12.8 Å². The predicted molar refractivity (Wildman–Crippen MR) is 130 cm³/mol. The highest BCUT2D eigenvalue weighted by molar-refractivity contribution is 7.99. The number of aliphatic carboxylic acids is 1. The molecule has 0 radical (unpaired) electrons. The van der Waals surface area contributed by atoms with E-state index in [4.69, 9.17) is 5.11 Å². The summed E-state index contributed by atoms with van der Waals surface area (Å²) in [5.74, 6) is -0.00467. The van der Waals surface area contributed by atoms with Crippen LogP contribution in [0.2, 0.25) is 0 Å². The molecule has 1 aromatic heterocycles. The summed E-state index contributed by atoms with van der Waals surface area (Å²) >= 11 is 4.38. The molecule has 0 bridgehead atoms. The number of nitrogens with zero attached hydrogens (tertiary/aromatic N) is 2. The summed E-state index contributed by atoms with van der Waals surface area (Å²) in [7, 11) is 0. The van der Waals surface area contributed by atoms with Crippen molar-refractivity contribution < 1.29 is 14.7 Å². The van der Waals surface area contributed by atoms with Gasteiger partial charge in [-0.3, -0.25) is 9.59 Å². The fourth-order valence-electron chi connectivity index (χ4n) is 2.72. The molecule has 2 N–H and O–H groups in total. The van der Waals surface area contributed by atoms with E-state index < -0.39 is 5.97 Å². The normalized spacial score (nSPS) is 10.7. The van der Waals surface area contributed by atoms with Gasteiger partial charge in [0.1, 0.15) is 15.6 Å².